The number of hydrogen-bond acceptors (Lipinski definition) is 3. The summed E-state index contributed by atoms with van der Waals surface area (Å²) in [5.74, 6) is 0.324. The monoisotopic (exact) mass is 219 g/mol. The molecule has 1 aromatic rings. The fourth-order valence-corrected chi connectivity index (χ4v) is 1.92. The SMILES string of the molecule is CC1CCN(OC(=O)c2ccccc2)C1C. The Hall–Kier alpha value is -1.35. The predicted octanol–water partition coefficient (Wildman–Crippen LogP) is 2.49. The molecule has 0 N–H and O–H groups in total. The van der Waals surface area contributed by atoms with Crippen LogP contribution in [0, 0.1) is 5.92 Å². The van der Waals surface area contributed by atoms with Gasteiger partial charge in [-0.25, -0.2) is 4.79 Å². The van der Waals surface area contributed by atoms with Crippen LogP contribution in [0.3, 0.4) is 0 Å². The molecule has 0 spiro atoms. The van der Waals surface area contributed by atoms with Gasteiger partial charge in [0.15, 0.2) is 0 Å². The van der Waals surface area contributed by atoms with Crippen LogP contribution < -0.4 is 0 Å². The smallest absolute Gasteiger partial charge is 0.357 e. The Morgan fingerprint density at radius 1 is 1.31 bits per heavy atom. The second kappa shape index (κ2) is 4.66. The van der Waals surface area contributed by atoms with Gasteiger partial charge in [0.2, 0.25) is 0 Å². The molecule has 0 radical (unpaired) electrons. The van der Waals surface area contributed by atoms with Gasteiger partial charge in [-0.15, -0.1) is 5.06 Å². The first-order valence-corrected chi connectivity index (χ1v) is 5.72. The Balaban J connectivity index is 1.98. The molecule has 3 heteroatoms. The summed E-state index contributed by atoms with van der Waals surface area (Å²) in [5, 5.41) is 1.79. The topological polar surface area (TPSA) is 29.5 Å². The van der Waals surface area contributed by atoms with E-state index in [0.717, 1.165) is 13.0 Å². The molecule has 2 unspecified atom stereocenters. The molecule has 1 aliphatic heterocycles. The van der Waals surface area contributed by atoms with Crippen LogP contribution in [0.5, 0.6) is 0 Å². The van der Waals surface area contributed by atoms with Crippen molar-refractivity contribution in [2.45, 2.75) is 26.3 Å². The maximum Gasteiger partial charge on any atom is 0.357 e. The van der Waals surface area contributed by atoms with E-state index >= 15 is 0 Å². The summed E-state index contributed by atoms with van der Waals surface area (Å²) in [7, 11) is 0. The van der Waals surface area contributed by atoms with E-state index in [1.807, 2.05) is 18.2 Å². The van der Waals surface area contributed by atoms with Gasteiger partial charge in [0.1, 0.15) is 0 Å². The number of carbonyl (C=O) groups excluding carboxylic acids is 1. The van der Waals surface area contributed by atoms with Crippen molar-refractivity contribution in [3.05, 3.63) is 35.9 Å². The molecule has 1 heterocycles. The average molecular weight is 219 g/mol. The molecule has 1 fully saturated rings. The van der Waals surface area contributed by atoms with Crippen molar-refractivity contribution < 1.29 is 9.63 Å². The van der Waals surface area contributed by atoms with Gasteiger partial charge in [0, 0.05) is 12.6 Å². The van der Waals surface area contributed by atoms with Crippen LogP contribution >= 0.6 is 0 Å². The Morgan fingerprint density at radius 2 is 2.00 bits per heavy atom. The minimum atomic E-state index is -0.262. The molecular weight excluding hydrogens is 202 g/mol. The molecule has 2 atom stereocenters. The highest BCUT2D eigenvalue weighted by atomic mass is 16.7. The first-order valence-electron chi connectivity index (χ1n) is 5.72. The molecule has 0 bridgehead atoms. The Labute approximate surface area is 96.0 Å². The van der Waals surface area contributed by atoms with Crippen LogP contribution in [0.4, 0.5) is 0 Å². The van der Waals surface area contributed by atoms with E-state index in [1.54, 1.807) is 17.2 Å². The van der Waals surface area contributed by atoms with E-state index in [9.17, 15) is 4.79 Å². The summed E-state index contributed by atoms with van der Waals surface area (Å²) in [5.41, 5.74) is 0.606. The molecule has 0 aromatic heterocycles. The van der Waals surface area contributed by atoms with E-state index in [0.29, 0.717) is 17.5 Å². The quantitative estimate of drug-likeness (QED) is 0.765. The van der Waals surface area contributed by atoms with Crippen LogP contribution in [0.2, 0.25) is 0 Å². The lowest BCUT2D eigenvalue weighted by molar-refractivity contribution is -0.118. The van der Waals surface area contributed by atoms with Crippen LogP contribution in [-0.2, 0) is 4.84 Å². The van der Waals surface area contributed by atoms with Gasteiger partial charge in [0.25, 0.3) is 0 Å². The van der Waals surface area contributed by atoms with Crippen molar-refractivity contribution in [2.75, 3.05) is 6.54 Å². The number of benzene rings is 1. The van der Waals surface area contributed by atoms with Crippen molar-refractivity contribution in [1.82, 2.24) is 5.06 Å². The lowest BCUT2D eigenvalue weighted by atomic mass is 10.1. The molecule has 1 aromatic carbocycles. The van der Waals surface area contributed by atoms with Crippen LogP contribution in [0.25, 0.3) is 0 Å². The summed E-state index contributed by atoms with van der Waals surface area (Å²) in [6.45, 7) is 5.11. The van der Waals surface area contributed by atoms with E-state index in [4.69, 9.17) is 4.84 Å². The third kappa shape index (κ3) is 2.25. The number of nitrogens with zero attached hydrogens (tertiary/aromatic N) is 1. The second-order valence-electron chi connectivity index (χ2n) is 4.39. The Kier molecular flexibility index (Phi) is 3.25. The van der Waals surface area contributed by atoms with Crippen molar-refractivity contribution in [3.63, 3.8) is 0 Å². The van der Waals surface area contributed by atoms with Gasteiger partial charge >= 0.3 is 5.97 Å². The van der Waals surface area contributed by atoms with Gasteiger partial charge in [-0.2, -0.15) is 0 Å². The molecule has 1 aliphatic rings. The molecule has 2 rings (SSSR count). The summed E-state index contributed by atoms with van der Waals surface area (Å²) in [4.78, 5) is 17.2. The summed E-state index contributed by atoms with van der Waals surface area (Å²) >= 11 is 0. The lowest BCUT2D eigenvalue weighted by Crippen LogP contribution is -2.32. The average Bonchev–Trinajstić information content (AvgIpc) is 2.62. The summed E-state index contributed by atoms with van der Waals surface area (Å²) < 4.78 is 0. The molecular formula is C13H17NO2. The van der Waals surface area contributed by atoms with Crippen LogP contribution in [-0.4, -0.2) is 23.6 Å². The van der Waals surface area contributed by atoms with Crippen molar-refractivity contribution in [1.29, 1.82) is 0 Å². The first kappa shape index (κ1) is 11.1. The highest BCUT2D eigenvalue weighted by Gasteiger charge is 2.30. The number of rotatable bonds is 2. The zero-order valence-electron chi connectivity index (χ0n) is 9.72. The standard InChI is InChI=1S/C13H17NO2/c1-10-8-9-14(11(10)2)16-13(15)12-6-4-3-5-7-12/h3-7,10-11H,8-9H2,1-2H3. The lowest BCUT2D eigenvalue weighted by Gasteiger charge is -2.21. The van der Waals surface area contributed by atoms with Crippen molar-refractivity contribution in [3.8, 4) is 0 Å². The molecule has 0 saturated carbocycles. The van der Waals surface area contributed by atoms with Crippen LogP contribution in [0.1, 0.15) is 30.6 Å². The van der Waals surface area contributed by atoms with E-state index in [1.165, 1.54) is 0 Å². The normalized spacial score (nSPS) is 25.6. The van der Waals surface area contributed by atoms with Gasteiger partial charge in [-0.05, 0) is 31.4 Å². The molecule has 0 amide bonds. The maximum absolute atomic E-state index is 11.8. The zero-order chi connectivity index (χ0) is 11.5. The number of hydrogen-bond donors (Lipinski definition) is 0. The van der Waals surface area contributed by atoms with E-state index in [-0.39, 0.29) is 5.97 Å². The maximum atomic E-state index is 11.8. The van der Waals surface area contributed by atoms with Gasteiger partial charge in [-0.1, -0.05) is 25.1 Å². The van der Waals surface area contributed by atoms with Crippen LogP contribution in [0.15, 0.2) is 30.3 Å². The molecule has 1 saturated heterocycles. The highest BCUT2D eigenvalue weighted by molar-refractivity contribution is 5.89. The largest absolute Gasteiger partial charge is 0.364 e. The fraction of sp³-hybridized carbons (Fsp3) is 0.462. The second-order valence-corrected chi connectivity index (χ2v) is 4.39. The minimum Gasteiger partial charge on any atom is -0.364 e. The van der Waals surface area contributed by atoms with Gasteiger partial charge in [-0.3, -0.25) is 0 Å². The Morgan fingerprint density at radius 3 is 2.56 bits per heavy atom. The van der Waals surface area contributed by atoms with Crippen molar-refractivity contribution in [2.24, 2.45) is 5.92 Å². The van der Waals surface area contributed by atoms with Gasteiger partial charge < -0.3 is 4.84 Å². The molecule has 3 nitrogen and oxygen atoms in total. The first-order chi connectivity index (χ1) is 7.68. The molecule has 16 heavy (non-hydrogen) atoms. The minimum absolute atomic E-state index is 0.262. The Bertz CT molecular complexity index is 363. The third-order valence-electron chi connectivity index (χ3n) is 3.29. The van der Waals surface area contributed by atoms with Crippen molar-refractivity contribution >= 4 is 5.97 Å². The number of carbonyl (C=O) groups is 1. The fourth-order valence-electron chi connectivity index (χ4n) is 1.92. The highest BCUT2D eigenvalue weighted by Crippen LogP contribution is 2.23. The summed E-state index contributed by atoms with van der Waals surface area (Å²) in [6, 6.07) is 9.42. The zero-order valence-corrected chi connectivity index (χ0v) is 9.72. The van der Waals surface area contributed by atoms with E-state index in [2.05, 4.69) is 13.8 Å². The van der Waals surface area contributed by atoms with E-state index < -0.39 is 0 Å². The number of hydroxylamine groups is 2. The summed E-state index contributed by atoms with van der Waals surface area (Å²) in [6.07, 6.45) is 1.09. The predicted molar refractivity (Wildman–Crippen MR) is 61.8 cm³/mol. The molecule has 0 aliphatic carbocycles. The molecule has 86 valence electrons. The third-order valence-corrected chi connectivity index (χ3v) is 3.29. The van der Waals surface area contributed by atoms with Gasteiger partial charge in [0.05, 0.1) is 5.56 Å².